The zero-order valence-corrected chi connectivity index (χ0v) is 10.4. The number of benzene rings is 1. The maximum atomic E-state index is 8.74. The molecule has 0 aromatic heterocycles. The Balaban J connectivity index is 2.78. The Bertz CT molecular complexity index is 317. The van der Waals surface area contributed by atoms with Crippen molar-refractivity contribution < 1.29 is 5.11 Å². The number of aliphatic hydroxyl groups excluding tert-OH is 1. The molecule has 0 spiro atoms. The lowest BCUT2D eigenvalue weighted by molar-refractivity contribution is 0.285. The molecule has 0 aliphatic carbocycles. The summed E-state index contributed by atoms with van der Waals surface area (Å²) in [5, 5.41) is 11.9. The second-order valence-corrected chi connectivity index (χ2v) is 4.33. The van der Waals surface area contributed by atoms with Crippen LogP contribution in [-0.2, 0) is 0 Å². The van der Waals surface area contributed by atoms with Crippen molar-refractivity contribution in [3.8, 4) is 0 Å². The first-order chi connectivity index (χ1) is 7.19. The molecule has 84 valence electrons. The van der Waals surface area contributed by atoms with Gasteiger partial charge in [0.2, 0.25) is 0 Å². The van der Waals surface area contributed by atoms with E-state index < -0.39 is 0 Å². The molecule has 1 atom stereocenters. The van der Waals surface area contributed by atoms with E-state index in [9.17, 15) is 0 Å². The molecule has 1 aromatic rings. The van der Waals surface area contributed by atoms with E-state index in [-0.39, 0.29) is 12.6 Å². The van der Waals surface area contributed by atoms with Crippen LogP contribution in [0.3, 0.4) is 0 Å². The number of halogens is 1. The lowest BCUT2D eigenvalue weighted by Crippen LogP contribution is -2.30. The summed E-state index contributed by atoms with van der Waals surface area (Å²) < 4.78 is 1.09. The summed E-state index contributed by atoms with van der Waals surface area (Å²) in [6.07, 6.45) is 0. The second-order valence-electron chi connectivity index (χ2n) is 3.47. The number of nitrogens with one attached hydrogen (secondary N) is 1. The SMILES string of the molecule is Cc1ccc(C(CN)NCCO)cc1Br. The van der Waals surface area contributed by atoms with Crippen molar-refractivity contribution in [2.24, 2.45) is 5.73 Å². The van der Waals surface area contributed by atoms with Crippen LogP contribution in [0.25, 0.3) is 0 Å². The fraction of sp³-hybridized carbons (Fsp3) is 0.455. The highest BCUT2D eigenvalue weighted by molar-refractivity contribution is 9.10. The molecule has 3 nitrogen and oxygen atoms in total. The van der Waals surface area contributed by atoms with Gasteiger partial charge in [0, 0.05) is 23.6 Å². The highest BCUT2D eigenvalue weighted by atomic mass is 79.9. The van der Waals surface area contributed by atoms with Crippen LogP contribution in [-0.4, -0.2) is 24.8 Å². The zero-order valence-electron chi connectivity index (χ0n) is 8.83. The minimum Gasteiger partial charge on any atom is -0.395 e. The highest BCUT2D eigenvalue weighted by Gasteiger charge is 2.09. The molecule has 0 bridgehead atoms. The third-order valence-corrected chi connectivity index (χ3v) is 3.19. The van der Waals surface area contributed by atoms with Crippen LogP contribution in [0.4, 0.5) is 0 Å². The predicted octanol–water partition coefficient (Wildman–Crippen LogP) is 1.34. The van der Waals surface area contributed by atoms with Crippen LogP contribution in [0.5, 0.6) is 0 Å². The van der Waals surface area contributed by atoms with Gasteiger partial charge in [-0.1, -0.05) is 28.1 Å². The largest absolute Gasteiger partial charge is 0.395 e. The van der Waals surface area contributed by atoms with Crippen LogP contribution >= 0.6 is 15.9 Å². The topological polar surface area (TPSA) is 58.3 Å². The summed E-state index contributed by atoms with van der Waals surface area (Å²) >= 11 is 3.49. The maximum absolute atomic E-state index is 8.74. The van der Waals surface area contributed by atoms with Gasteiger partial charge >= 0.3 is 0 Å². The molecule has 0 heterocycles. The van der Waals surface area contributed by atoms with E-state index in [0.29, 0.717) is 13.1 Å². The van der Waals surface area contributed by atoms with Gasteiger partial charge in [0.05, 0.1) is 6.61 Å². The first-order valence-electron chi connectivity index (χ1n) is 4.99. The highest BCUT2D eigenvalue weighted by Crippen LogP contribution is 2.21. The minimum atomic E-state index is 0.106. The van der Waals surface area contributed by atoms with Gasteiger partial charge in [-0.2, -0.15) is 0 Å². The third-order valence-electron chi connectivity index (χ3n) is 2.34. The lowest BCUT2D eigenvalue weighted by atomic mass is 10.1. The van der Waals surface area contributed by atoms with E-state index in [1.165, 1.54) is 5.56 Å². The molecule has 4 heteroatoms. The monoisotopic (exact) mass is 272 g/mol. The molecule has 0 aliphatic rings. The molecular formula is C11H17BrN2O. The van der Waals surface area contributed by atoms with Gasteiger partial charge in [0.15, 0.2) is 0 Å². The molecule has 0 saturated carbocycles. The third kappa shape index (κ3) is 3.57. The summed E-state index contributed by atoms with van der Waals surface area (Å²) in [6.45, 7) is 3.26. The molecule has 15 heavy (non-hydrogen) atoms. The lowest BCUT2D eigenvalue weighted by Gasteiger charge is -2.17. The number of hydrogen-bond donors (Lipinski definition) is 3. The van der Waals surface area contributed by atoms with Crippen molar-refractivity contribution in [3.05, 3.63) is 33.8 Å². The maximum Gasteiger partial charge on any atom is 0.0556 e. The van der Waals surface area contributed by atoms with Gasteiger partial charge in [0.25, 0.3) is 0 Å². The smallest absolute Gasteiger partial charge is 0.0556 e. The minimum absolute atomic E-state index is 0.106. The number of aryl methyl sites for hydroxylation is 1. The summed E-state index contributed by atoms with van der Waals surface area (Å²) in [4.78, 5) is 0. The summed E-state index contributed by atoms with van der Waals surface area (Å²) in [5.41, 5.74) is 8.02. The van der Waals surface area contributed by atoms with E-state index in [1.54, 1.807) is 0 Å². The van der Waals surface area contributed by atoms with E-state index in [2.05, 4.69) is 39.4 Å². The average molecular weight is 273 g/mol. The van der Waals surface area contributed by atoms with E-state index in [1.807, 2.05) is 6.92 Å². The Labute approximate surface area is 98.8 Å². The number of hydrogen-bond acceptors (Lipinski definition) is 3. The molecule has 0 amide bonds. The zero-order chi connectivity index (χ0) is 11.3. The molecule has 0 saturated heterocycles. The van der Waals surface area contributed by atoms with Crippen molar-refractivity contribution >= 4 is 15.9 Å². The summed E-state index contributed by atoms with van der Waals surface area (Å²) in [7, 11) is 0. The standard InChI is InChI=1S/C11H17BrN2O/c1-8-2-3-9(6-10(8)12)11(7-13)14-4-5-15/h2-3,6,11,14-15H,4-5,7,13H2,1H3. The van der Waals surface area contributed by atoms with Gasteiger partial charge in [0.1, 0.15) is 0 Å². The molecule has 1 aromatic carbocycles. The predicted molar refractivity (Wildman–Crippen MR) is 65.8 cm³/mol. The van der Waals surface area contributed by atoms with Crippen molar-refractivity contribution in [1.29, 1.82) is 0 Å². The second kappa shape index (κ2) is 6.23. The van der Waals surface area contributed by atoms with E-state index in [4.69, 9.17) is 10.8 Å². The molecule has 1 unspecified atom stereocenters. The Morgan fingerprint density at radius 1 is 1.53 bits per heavy atom. The van der Waals surface area contributed by atoms with Crippen molar-refractivity contribution in [2.75, 3.05) is 19.7 Å². The van der Waals surface area contributed by atoms with Crippen molar-refractivity contribution in [3.63, 3.8) is 0 Å². The Morgan fingerprint density at radius 2 is 2.27 bits per heavy atom. The van der Waals surface area contributed by atoms with Crippen LogP contribution in [0, 0.1) is 6.92 Å². The van der Waals surface area contributed by atoms with E-state index in [0.717, 1.165) is 10.0 Å². The van der Waals surface area contributed by atoms with Crippen LogP contribution in [0.1, 0.15) is 17.2 Å². The molecule has 4 N–H and O–H groups in total. The number of rotatable bonds is 5. The van der Waals surface area contributed by atoms with Gasteiger partial charge in [-0.3, -0.25) is 0 Å². The first-order valence-corrected chi connectivity index (χ1v) is 5.78. The van der Waals surface area contributed by atoms with Gasteiger partial charge in [-0.25, -0.2) is 0 Å². The van der Waals surface area contributed by atoms with Crippen LogP contribution < -0.4 is 11.1 Å². The fourth-order valence-corrected chi connectivity index (χ4v) is 1.80. The van der Waals surface area contributed by atoms with Crippen LogP contribution in [0.15, 0.2) is 22.7 Å². The molecule has 0 aliphatic heterocycles. The number of nitrogens with two attached hydrogens (primary N) is 1. The molecule has 1 rings (SSSR count). The molecule has 0 fully saturated rings. The first kappa shape index (κ1) is 12.6. The van der Waals surface area contributed by atoms with Crippen LogP contribution in [0.2, 0.25) is 0 Å². The van der Waals surface area contributed by atoms with Gasteiger partial charge in [-0.05, 0) is 24.1 Å². The van der Waals surface area contributed by atoms with Gasteiger partial charge in [-0.15, -0.1) is 0 Å². The Hall–Kier alpha value is -0.420. The fourth-order valence-electron chi connectivity index (χ4n) is 1.40. The summed E-state index contributed by atoms with van der Waals surface area (Å²) in [5.74, 6) is 0. The van der Waals surface area contributed by atoms with Crippen molar-refractivity contribution in [2.45, 2.75) is 13.0 Å². The quantitative estimate of drug-likeness (QED) is 0.758. The summed E-state index contributed by atoms with van der Waals surface area (Å²) in [6, 6.07) is 6.29. The Morgan fingerprint density at radius 3 is 2.80 bits per heavy atom. The Kier molecular flexibility index (Phi) is 5.25. The van der Waals surface area contributed by atoms with Crippen molar-refractivity contribution in [1.82, 2.24) is 5.32 Å². The molecular weight excluding hydrogens is 256 g/mol. The number of aliphatic hydroxyl groups is 1. The average Bonchev–Trinajstić information content (AvgIpc) is 2.24. The molecule has 0 radical (unpaired) electrons. The van der Waals surface area contributed by atoms with Gasteiger partial charge < -0.3 is 16.2 Å². The van der Waals surface area contributed by atoms with E-state index >= 15 is 0 Å². The normalized spacial score (nSPS) is 12.8.